The number of halogens is 1. The van der Waals surface area contributed by atoms with E-state index in [1.54, 1.807) is 12.1 Å². The molecule has 2 aromatic carbocycles. The molecule has 29 heavy (non-hydrogen) atoms. The van der Waals surface area contributed by atoms with Gasteiger partial charge in [0.25, 0.3) is 5.91 Å². The van der Waals surface area contributed by atoms with Gasteiger partial charge in [0.1, 0.15) is 0 Å². The number of carbonyl (C=O) groups is 2. The first-order chi connectivity index (χ1) is 14.0. The Morgan fingerprint density at radius 1 is 1.14 bits per heavy atom. The van der Waals surface area contributed by atoms with Crippen LogP contribution in [0.3, 0.4) is 0 Å². The number of anilines is 2. The lowest BCUT2D eigenvalue weighted by molar-refractivity contribution is -0.123. The monoisotopic (exact) mass is 402 g/mol. The van der Waals surface area contributed by atoms with E-state index < -0.39 is 23.8 Å². The first-order valence-electron chi connectivity index (χ1n) is 9.26. The third-order valence-electron chi connectivity index (χ3n) is 4.55. The molecule has 1 saturated heterocycles. The summed E-state index contributed by atoms with van der Waals surface area (Å²) in [6.07, 6.45) is -1.05. The fourth-order valence-electron chi connectivity index (χ4n) is 2.90. The van der Waals surface area contributed by atoms with Gasteiger partial charge in [-0.05, 0) is 49.4 Å². The first-order valence-corrected chi connectivity index (χ1v) is 9.26. The van der Waals surface area contributed by atoms with Crippen LogP contribution in [0, 0.1) is 5.82 Å². The third-order valence-corrected chi connectivity index (χ3v) is 4.55. The van der Waals surface area contributed by atoms with E-state index in [-0.39, 0.29) is 11.3 Å². The van der Waals surface area contributed by atoms with Crippen LogP contribution in [-0.4, -0.2) is 51.4 Å². The van der Waals surface area contributed by atoms with Crippen molar-refractivity contribution in [3.05, 3.63) is 53.8 Å². The second-order valence-electron chi connectivity index (χ2n) is 6.53. The minimum Gasteiger partial charge on any atom is -0.494 e. The number of ether oxygens (including phenoxy) is 3. The Kier molecular flexibility index (Phi) is 6.66. The van der Waals surface area contributed by atoms with Gasteiger partial charge in [-0.1, -0.05) is 0 Å². The molecule has 1 atom stereocenters. The number of esters is 1. The zero-order chi connectivity index (χ0) is 20.8. The van der Waals surface area contributed by atoms with E-state index in [1.165, 1.54) is 26.2 Å². The zero-order valence-corrected chi connectivity index (χ0v) is 16.3. The van der Waals surface area contributed by atoms with Gasteiger partial charge in [0.15, 0.2) is 17.7 Å². The molecule has 0 spiro atoms. The second-order valence-corrected chi connectivity index (χ2v) is 6.53. The van der Waals surface area contributed by atoms with Crippen LogP contribution >= 0.6 is 0 Å². The molecule has 0 aromatic heterocycles. The molecule has 3 rings (SSSR count). The molecular weight excluding hydrogens is 379 g/mol. The highest BCUT2D eigenvalue weighted by Crippen LogP contribution is 2.20. The van der Waals surface area contributed by atoms with Crippen LogP contribution < -0.4 is 15.0 Å². The van der Waals surface area contributed by atoms with Crippen molar-refractivity contribution in [2.24, 2.45) is 0 Å². The summed E-state index contributed by atoms with van der Waals surface area (Å²) in [7, 11) is 1.33. The highest BCUT2D eigenvalue weighted by atomic mass is 19.1. The van der Waals surface area contributed by atoms with Crippen LogP contribution in [-0.2, 0) is 14.3 Å². The molecule has 154 valence electrons. The van der Waals surface area contributed by atoms with E-state index in [1.807, 2.05) is 12.1 Å². The van der Waals surface area contributed by atoms with Crippen molar-refractivity contribution < 1.29 is 28.2 Å². The zero-order valence-electron chi connectivity index (χ0n) is 16.3. The number of carbonyl (C=O) groups excluding carboxylic acids is 2. The maximum Gasteiger partial charge on any atom is 0.339 e. The number of rotatable bonds is 6. The quantitative estimate of drug-likeness (QED) is 0.749. The summed E-state index contributed by atoms with van der Waals surface area (Å²) in [5.74, 6) is -1.93. The maximum atomic E-state index is 13.7. The number of benzene rings is 2. The number of hydrogen-bond donors (Lipinski definition) is 1. The van der Waals surface area contributed by atoms with Crippen LogP contribution in [0.2, 0.25) is 0 Å². The number of amides is 1. The van der Waals surface area contributed by atoms with E-state index >= 15 is 0 Å². The molecule has 0 saturated carbocycles. The fraction of sp³-hybridized carbons (Fsp3) is 0.333. The van der Waals surface area contributed by atoms with Gasteiger partial charge in [-0.25, -0.2) is 9.18 Å². The first kappa shape index (κ1) is 20.6. The van der Waals surface area contributed by atoms with Gasteiger partial charge in [-0.2, -0.15) is 0 Å². The molecule has 0 aliphatic carbocycles. The van der Waals surface area contributed by atoms with E-state index in [2.05, 4.69) is 10.2 Å². The van der Waals surface area contributed by atoms with Gasteiger partial charge < -0.3 is 24.4 Å². The Balaban J connectivity index is 1.55. The number of hydrogen-bond acceptors (Lipinski definition) is 6. The van der Waals surface area contributed by atoms with E-state index in [0.29, 0.717) is 18.9 Å². The predicted octanol–water partition coefficient (Wildman–Crippen LogP) is 2.85. The Bertz CT molecular complexity index is 866. The van der Waals surface area contributed by atoms with Crippen molar-refractivity contribution in [1.82, 2.24) is 0 Å². The standard InChI is InChI=1S/C21H23FN2O5/c1-14(29-21(26)15-3-8-19(27-2)18(22)13-15)20(25)23-16-4-6-17(7-5-16)24-9-11-28-12-10-24/h3-8,13-14H,9-12H2,1-2H3,(H,23,25)/t14-/m0/s1. The van der Waals surface area contributed by atoms with Crippen LogP contribution in [0.1, 0.15) is 17.3 Å². The lowest BCUT2D eigenvalue weighted by Gasteiger charge is -2.28. The van der Waals surface area contributed by atoms with Crippen molar-refractivity contribution in [3.8, 4) is 5.75 Å². The van der Waals surface area contributed by atoms with Gasteiger partial charge in [0.05, 0.1) is 25.9 Å². The van der Waals surface area contributed by atoms with Crippen LogP contribution in [0.15, 0.2) is 42.5 Å². The van der Waals surface area contributed by atoms with Crippen molar-refractivity contribution >= 4 is 23.3 Å². The third kappa shape index (κ3) is 5.23. The predicted molar refractivity (Wildman–Crippen MR) is 106 cm³/mol. The number of nitrogens with zero attached hydrogens (tertiary/aromatic N) is 1. The molecule has 1 amide bonds. The summed E-state index contributed by atoms with van der Waals surface area (Å²) in [5, 5.41) is 2.70. The van der Waals surface area contributed by atoms with Gasteiger partial charge in [0, 0.05) is 24.5 Å². The largest absolute Gasteiger partial charge is 0.494 e. The highest BCUT2D eigenvalue weighted by molar-refractivity contribution is 5.97. The molecule has 2 aromatic rings. The lowest BCUT2D eigenvalue weighted by Crippen LogP contribution is -2.36. The molecule has 0 bridgehead atoms. The Labute approximate surface area is 168 Å². The Hall–Kier alpha value is -3.13. The summed E-state index contributed by atoms with van der Waals surface area (Å²) in [6.45, 7) is 4.49. The maximum absolute atomic E-state index is 13.7. The van der Waals surface area contributed by atoms with Crippen molar-refractivity contribution in [2.75, 3.05) is 43.6 Å². The molecule has 0 unspecified atom stereocenters. The summed E-state index contributed by atoms with van der Waals surface area (Å²) in [6, 6.07) is 11.1. The van der Waals surface area contributed by atoms with Gasteiger partial charge in [-0.3, -0.25) is 4.79 Å². The van der Waals surface area contributed by atoms with Crippen LogP contribution in [0.25, 0.3) is 0 Å². The summed E-state index contributed by atoms with van der Waals surface area (Å²) in [5.41, 5.74) is 1.63. The summed E-state index contributed by atoms with van der Waals surface area (Å²) in [4.78, 5) is 26.7. The number of morpholine rings is 1. The summed E-state index contributed by atoms with van der Waals surface area (Å²) >= 11 is 0. The smallest absolute Gasteiger partial charge is 0.339 e. The number of methoxy groups -OCH3 is 1. The van der Waals surface area contributed by atoms with Crippen LogP contribution in [0.4, 0.5) is 15.8 Å². The van der Waals surface area contributed by atoms with Gasteiger partial charge >= 0.3 is 5.97 Å². The van der Waals surface area contributed by atoms with Crippen molar-refractivity contribution in [1.29, 1.82) is 0 Å². The van der Waals surface area contributed by atoms with Gasteiger partial charge in [0.2, 0.25) is 0 Å². The van der Waals surface area contributed by atoms with Crippen LogP contribution in [0.5, 0.6) is 5.75 Å². The summed E-state index contributed by atoms with van der Waals surface area (Å²) < 4.78 is 29.0. The fourth-order valence-corrected chi connectivity index (χ4v) is 2.90. The molecular formula is C21H23FN2O5. The SMILES string of the molecule is COc1ccc(C(=O)O[C@@H](C)C(=O)Nc2ccc(N3CCOCC3)cc2)cc1F. The Morgan fingerprint density at radius 2 is 1.83 bits per heavy atom. The topological polar surface area (TPSA) is 77.1 Å². The Morgan fingerprint density at radius 3 is 2.45 bits per heavy atom. The molecule has 1 aliphatic rings. The average molecular weight is 402 g/mol. The van der Waals surface area contributed by atoms with Gasteiger partial charge in [-0.15, -0.1) is 0 Å². The molecule has 0 radical (unpaired) electrons. The molecule has 7 nitrogen and oxygen atoms in total. The van der Waals surface area contributed by atoms with Crippen molar-refractivity contribution in [3.63, 3.8) is 0 Å². The second kappa shape index (κ2) is 9.38. The van der Waals surface area contributed by atoms with E-state index in [0.717, 1.165) is 24.8 Å². The highest BCUT2D eigenvalue weighted by Gasteiger charge is 2.20. The molecule has 1 aliphatic heterocycles. The van der Waals surface area contributed by atoms with Crippen molar-refractivity contribution in [2.45, 2.75) is 13.0 Å². The molecule has 8 heteroatoms. The van der Waals surface area contributed by atoms with E-state index in [4.69, 9.17) is 14.2 Å². The average Bonchev–Trinajstić information content (AvgIpc) is 2.74. The minimum atomic E-state index is -1.05. The normalized spacial score (nSPS) is 14.8. The minimum absolute atomic E-state index is 0.00202. The molecule has 1 fully saturated rings. The lowest BCUT2D eigenvalue weighted by atomic mass is 10.2. The molecule has 1 heterocycles. The molecule has 1 N–H and O–H groups in total. The number of nitrogens with one attached hydrogen (secondary N) is 1. The van der Waals surface area contributed by atoms with E-state index in [9.17, 15) is 14.0 Å².